The van der Waals surface area contributed by atoms with Crippen LogP contribution in [-0.2, 0) is 33.2 Å². The molecule has 0 amide bonds. The Hall–Kier alpha value is -1.47. The van der Waals surface area contributed by atoms with Crippen molar-refractivity contribution in [1.29, 1.82) is 0 Å². The van der Waals surface area contributed by atoms with Crippen LogP contribution in [0.3, 0.4) is 0 Å². The summed E-state index contributed by atoms with van der Waals surface area (Å²) >= 11 is 0. The van der Waals surface area contributed by atoms with E-state index in [1.165, 1.54) is 12.5 Å². The van der Waals surface area contributed by atoms with Gasteiger partial charge < -0.3 is 89.7 Å². The molecule has 8 aliphatic rings. The highest BCUT2D eigenvalue weighted by atomic mass is 16.8. The summed E-state index contributed by atoms with van der Waals surface area (Å²) in [5.41, 5.74) is -1.64. The second-order valence-electron chi connectivity index (χ2n) is 22.9. The van der Waals surface area contributed by atoms with Crippen LogP contribution in [0.15, 0.2) is 11.6 Å². The predicted octanol–water partition coefficient (Wildman–Crippen LogP) is -1.03. The number of hydrogen-bond acceptors (Lipinski definition) is 19. The Morgan fingerprint density at radius 1 is 0.701 bits per heavy atom. The minimum absolute atomic E-state index is 0.0112. The van der Waals surface area contributed by atoms with Crippen molar-refractivity contribution in [2.24, 2.45) is 56.7 Å². The van der Waals surface area contributed by atoms with E-state index in [0.29, 0.717) is 32.1 Å². The van der Waals surface area contributed by atoms with Gasteiger partial charge in [0.1, 0.15) is 67.1 Å². The number of aliphatic hydroxyl groups excluding tert-OH is 12. The van der Waals surface area contributed by atoms with Crippen molar-refractivity contribution in [2.45, 2.75) is 204 Å². The molecule has 67 heavy (non-hydrogen) atoms. The molecule has 0 radical (unpaired) electrons. The van der Waals surface area contributed by atoms with E-state index in [0.717, 1.165) is 19.3 Å². The third-order valence-electron chi connectivity index (χ3n) is 19.7. The van der Waals surface area contributed by atoms with Gasteiger partial charge in [-0.2, -0.15) is 0 Å². The Morgan fingerprint density at radius 3 is 2.01 bits per heavy atom. The summed E-state index contributed by atoms with van der Waals surface area (Å²) in [7, 11) is 0. The number of carbonyl (C=O) groups excluding carboxylic acids is 1. The highest BCUT2D eigenvalue weighted by Crippen LogP contribution is 2.76. The summed E-state index contributed by atoms with van der Waals surface area (Å²) in [6.07, 6.45) is -18.9. The van der Waals surface area contributed by atoms with E-state index < -0.39 is 134 Å². The molecule has 27 atom stereocenters. The average Bonchev–Trinajstić information content (AvgIpc) is 3.29. The van der Waals surface area contributed by atoms with Crippen LogP contribution in [0.5, 0.6) is 0 Å². The number of rotatable bonds is 9. The third-order valence-corrected chi connectivity index (χ3v) is 19.7. The zero-order valence-corrected chi connectivity index (χ0v) is 39.8. The first-order valence-electron chi connectivity index (χ1n) is 24.5. The number of aliphatic hydroxyl groups is 12. The molecule has 12 N–H and O–H groups in total. The molecule has 0 bridgehead atoms. The molecule has 0 aromatic carbocycles. The molecular formula is C48H78O19. The van der Waals surface area contributed by atoms with Gasteiger partial charge >= 0.3 is 5.97 Å². The van der Waals surface area contributed by atoms with Gasteiger partial charge in [0.15, 0.2) is 12.6 Å². The van der Waals surface area contributed by atoms with E-state index in [1.807, 2.05) is 6.92 Å². The first-order chi connectivity index (χ1) is 31.4. The lowest BCUT2D eigenvalue weighted by molar-refractivity contribution is -0.361. The van der Waals surface area contributed by atoms with Crippen molar-refractivity contribution >= 4 is 5.97 Å². The van der Waals surface area contributed by atoms with Crippen LogP contribution in [0.4, 0.5) is 0 Å². The van der Waals surface area contributed by atoms with Crippen LogP contribution in [0.25, 0.3) is 0 Å². The van der Waals surface area contributed by atoms with Gasteiger partial charge in [-0.05, 0) is 104 Å². The molecule has 4 saturated carbocycles. The summed E-state index contributed by atoms with van der Waals surface area (Å²) in [4.78, 5) is 15.0. The first-order valence-corrected chi connectivity index (χ1v) is 24.5. The van der Waals surface area contributed by atoms with Gasteiger partial charge in [0.25, 0.3) is 0 Å². The van der Waals surface area contributed by atoms with Crippen molar-refractivity contribution in [3.8, 4) is 0 Å². The topological polar surface area (TPSA) is 315 Å². The second-order valence-corrected chi connectivity index (χ2v) is 22.9. The van der Waals surface area contributed by atoms with Gasteiger partial charge in [-0.3, -0.25) is 4.79 Å². The van der Waals surface area contributed by atoms with Crippen LogP contribution in [0.1, 0.15) is 99.8 Å². The predicted molar refractivity (Wildman–Crippen MR) is 231 cm³/mol. The number of esters is 1. The van der Waals surface area contributed by atoms with Crippen LogP contribution in [0.2, 0.25) is 0 Å². The number of ether oxygens (including phenoxy) is 6. The van der Waals surface area contributed by atoms with Crippen molar-refractivity contribution in [2.75, 3.05) is 19.8 Å². The van der Waals surface area contributed by atoms with Crippen molar-refractivity contribution in [3.05, 3.63) is 11.6 Å². The molecule has 0 unspecified atom stereocenters. The molecular weight excluding hydrogens is 881 g/mol. The maximum Gasteiger partial charge on any atom is 0.315 e. The number of carbonyl (C=O) groups is 1. The van der Waals surface area contributed by atoms with Gasteiger partial charge in [0.05, 0.1) is 43.5 Å². The Labute approximate surface area is 392 Å². The third kappa shape index (κ3) is 7.92. The van der Waals surface area contributed by atoms with E-state index >= 15 is 4.79 Å². The fourth-order valence-electron chi connectivity index (χ4n) is 15.2. The first kappa shape index (κ1) is 51.9. The van der Waals surface area contributed by atoms with E-state index in [-0.39, 0.29) is 52.4 Å². The van der Waals surface area contributed by atoms with Crippen LogP contribution in [0, 0.1) is 56.7 Å². The molecule has 19 heteroatoms. The molecule has 3 heterocycles. The molecule has 0 aromatic rings. The molecule has 384 valence electrons. The maximum absolute atomic E-state index is 15.0. The lowest BCUT2D eigenvalue weighted by Gasteiger charge is -2.71. The minimum Gasteiger partial charge on any atom is -0.432 e. The highest BCUT2D eigenvalue weighted by molar-refractivity contribution is 5.79. The van der Waals surface area contributed by atoms with Crippen LogP contribution in [-0.4, -0.2) is 191 Å². The average molecular weight is 959 g/mol. The van der Waals surface area contributed by atoms with E-state index in [1.54, 1.807) is 0 Å². The number of allylic oxidation sites excluding steroid dienone is 2. The van der Waals surface area contributed by atoms with Crippen molar-refractivity contribution in [1.82, 2.24) is 0 Å². The smallest absolute Gasteiger partial charge is 0.315 e. The van der Waals surface area contributed by atoms with Crippen molar-refractivity contribution < 1.29 is 94.5 Å². The Morgan fingerprint density at radius 2 is 1.34 bits per heavy atom. The fraction of sp³-hybridized carbons (Fsp3) is 0.938. The normalized spacial score (nSPS) is 56.7. The zero-order valence-electron chi connectivity index (χ0n) is 39.8. The summed E-state index contributed by atoms with van der Waals surface area (Å²) in [6.45, 7) is 13.0. The largest absolute Gasteiger partial charge is 0.432 e. The summed E-state index contributed by atoms with van der Waals surface area (Å²) < 4.78 is 34.7. The van der Waals surface area contributed by atoms with Gasteiger partial charge in [-0.1, -0.05) is 53.2 Å². The molecule has 8 rings (SSSR count). The zero-order chi connectivity index (χ0) is 49.1. The molecule has 0 spiro atoms. The Bertz CT molecular complexity index is 1820. The molecule has 5 aliphatic carbocycles. The SMILES string of the molecule is C[C@H]1[C@H](C)CC[C@]2(C(=O)O[C@H]3O[C@@H](CO[C@H]4O[C@@H](CO)[C@H](O[C@@H]5O[C@H](C)[C@@H](O)[C@H](O)[C@H]5O)[C@@H](O)[C@@H]4O)[C@@H](O)[C@@H](O)[C@@H]3O)CC[C@]3(C)C(=CC[C@H]4[C@@]5(C)C[C@@H](O)[C@@H](O)[C@@](C)(CO)[C@H]5CC[C@]43C)[C@H]12. The van der Waals surface area contributed by atoms with Gasteiger partial charge in [0.2, 0.25) is 6.29 Å². The van der Waals surface area contributed by atoms with Gasteiger partial charge in [0, 0.05) is 5.41 Å². The molecule has 3 aliphatic heterocycles. The maximum atomic E-state index is 15.0. The fourth-order valence-corrected chi connectivity index (χ4v) is 15.2. The lowest BCUT2D eigenvalue weighted by atomic mass is 9.33. The second kappa shape index (κ2) is 18.5. The monoisotopic (exact) mass is 959 g/mol. The highest BCUT2D eigenvalue weighted by Gasteiger charge is 2.71. The quantitative estimate of drug-likeness (QED) is 0.0971. The van der Waals surface area contributed by atoms with Gasteiger partial charge in [-0.15, -0.1) is 0 Å². The summed E-state index contributed by atoms with van der Waals surface area (Å²) in [5, 5.41) is 130. The standard InChI is InChI=1S/C48H78O19/c1-20-10-13-48(15-14-46(6)23(29(48)21(20)2)8-9-28-44(4)16-24(51)39(60)45(5,19-50)27(44)11-12-47(28,46)7)43(61)67-42-36(58)33(55)31(53)26(65-42)18-62-40-37(59)34(56)38(25(17-49)64-40)66-41-35(57)32(54)30(52)22(3)63-41/h8,20-22,24-42,49-60H,9-19H2,1-7H3/t20-,21+,22-,24-,25+,26+,27+,28+,29+,30-,31-,32+,33-,34+,35-,36+,37+,38+,39-,40+,41+,42-,44+,45+,46-,47-,48+/m1/s1. The van der Waals surface area contributed by atoms with E-state index in [2.05, 4.69) is 40.7 Å². The van der Waals surface area contributed by atoms with Crippen LogP contribution >= 0.6 is 0 Å². The Balaban J connectivity index is 0.985. The lowest BCUT2D eigenvalue weighted by Crippen LogP contribution is -2.68. The van der Waals surface area contributed by atoms with Crippen LogP contribution < -0.4 is 0 Å². The molecule has 0 aromatic heterocycles. The molecule has 7 fully saturated rings. The molecule has 3 saturated heterocycles. The van der Waals surface area contributed by atoms with E-state index in [9.17, 15) is 61.3 Å². The minimum atomic E-state index is -1.86. The summed E-state index contributed by atoms with van der Waals surface area (Å²) in [6, 6.07) is 0. The number of hydrogen-bond donors (Lipinski definition) is 12. The molecule has 19 nitrogen and oxygen atoms in total. The van der Waals surface area contributed by atoms with Crippen molar-refractivity contribution in [3.63, 3.8) is 0 Å². The Kier molecular flexibility index (Phi) is 14.4. The van der Waals surface area contributed by atoms with E-state index in [4.69, 9.17) is 28.4 Å². The summed E-state index contributed by atoms with van der Waals surface area (Å²) in [5.74, 6) is -0.386. The number of fused-ring (bicyclic) bond motifs is 7. The van der Waals surface area contributed by atoms with Gasteiger partial charge in [-0.25, -0.2) is 0 Å².